The summed E-state index contributed by atoms with van der Waals surface area (Å²) in [6.07, 6.45) is 7.88. The molecule has 0 saturated carbocycles. The maximum Gasteiger partial charge on any atom is 0.256 e. The van der Waals surface area contributed by atoms with Gasteiger partial charge in [-0.15, -0.1) is 11.8 Å². The standard InChI is InChI=1S/C24H31N3O3S/c1-15(2)20(22(29)25-13-12-16-8-4-3-5-9-16)26-21(28)19-14-31-24-18-11-7-6-10-17(18)23(30)27(19)24/h6-8,10-11,15,19-20,24H,3-5,9,12-14H2,1-2H3,(H,25,29)(H,26,28)/t19-,20-,24-/m0/s1. The molecule has 1 aromatic rings. The van der Waals surface area contributed by atoms with Crippen LogP contribution in [0.2, 0.25) is 0 Å². The Labute approximate surface area is 188 Å². The molecule has 3 aliphatic rings. The average molecular weight is 442 g/mol. The summed E-state index contributed by atoms with van der Waals surface area (Å²) in [5, 5.41) is 5.81. The fourth-order valence-corrected chi connectivity index (χ4v) is 6.08. The molecule has 31 heavy (non-hydrogen) atoms. The number of nitrogens with one attached hydrogen (secondary N) is 2. The molecule has 1 fully saturated rings. The van der Waals surface area contributed by atoms with Crippen LogP contribution in [0.5, 0.6) is 0 Å². The van der Waals surface area contributed by atoms with E-state index >= 15 is 0 Å². The molecule has 2 N–H and O–H groups in total. The van der Waals surface area contributed by atoms with E-state index < -0.39 is 12.1 Å². The summed E-state index contributed by atoms with van der Waals surface area (Å²) in [7, 11) is 0. The molecule has 2 heterocycles. The second-order valence-corrected chi connectivity index (χ2v) is 9.99. The van der Waals surface area contributed by atoms with Crippen LogP contribution in [0.4, 0.5) is 0 Å². The Morgan fingerprint density at radius 1 is 1.23 bits per heavy atom. The number of thioether (sulfide) groups is 1. The summed E-state index contributed by atoms with van der Waals surface area (Å²) in [5.41, 5.74) is 3.06. The number of allylic oxidation sites excluding steroid dienone is 1. The first kappa shape index (κ1) is 21.9. The summed E-state index contributed by atoms with van der Waals surface area (Å²) < 4.78 is 0. The third-order valence-electron chi connectivity index (χ3n) is 6.37. The number of benzene rings is 1. The van der Waals surface area contributed by atoms with E-state index in [1.807, 2.05) is 38.1 Å². The zero-order chi connectivity index (χ0) is 22.0. The lowest BCUT2D eigenvalue weighted by atomic mass is 9.97. The van der Waals surface area contributed by atoms with Gasteiger partial charge in [-0.3, -0.25) is 14.4 Å². The van der Waals surface area contributed by atoms with E-state index in [0.717, 1.165) is 24.8 Å². The van der Waals surface area contributed by atoms with Gasteiger partial charge in [-0.25, -0.2) is 0 Å². The number of nitrogens with zero attached hydrogens (tertiary/aromatic N) is 1. The largest absolute Gasteiger partial charge is 0.354 e. The van der Waals surface area contributed by atoms with Crippen molar-refractivity contribution < 1.29 is 14.4 Å². The van der Waals surface area contributed by atoms with E-state index in [9.17, 15) is 14.4 Å². The number of hydrogen-bond donors (Lipinski definition) is 2. The molecule has 4 rings (SSSR count). The van der Waals surface area contributed by atoms with Gasteiger partial charge >= 0.3 is 0 Å². The number of hydrogen-bond acceptors (Lipinski definition) is 4. The van der Waals surface area contributed by atoms with Gasteiger partial charge in [0.15, 0.2) is 0 Å². The van der Waals surface area contributed by atoms with E-state index in [-0.39, 0.29) is 29.0 Å². The van der Waals surface area contributed by atoms with E-state index in [2.05, 4.69) is 16.7 Å². The lowest BCUT2D eigenvalue weighted by Gasteiger charge is -2.27. The molecule has 1 aliphatic carbocycles. The quantitative estimate of drug-likeness (QED) is 0.636. The van der Waals surface area contributed by atoms with Gasteiger partial charge in [0.2, 0.25) is 11.8 Å². The highest BCUT2D eigenvalue weighted by Gasteiger charge is 2.48. The van der Waals surface area contributed by atoms with Crippen LogP contribution in [0.25, 0.3) is 0 Å². The van der Waals surface area contributed by atoms with Crippen molar-refractivity contribution in [1.82, 2.24) is 15.5 Å². The summed E-state index contributed by atoms with van der Waals surface area (Å²) in [6.45, 7) is 4.44. The van der Waals surface area contributed by atoms with Crippen molar-refractivity contribution in [2.45, 2.75) is 63.4 Å². The molecule has 1 aromatic carbocycles. The first-order chi connectivity index (χ1) is 15.0. The fourth-order valence-electron chi connectivity index (χ4n) is 4.61. The van der Waals surface area contributed by atoms with Crippen LogP contribution in [-0.2, 0) is 9.59 Å². The Bertz CT molecular complexity index is 898. The predicted molar refractivity (Wildman–Crippen MR) is 123 cm³/mol. The van der Waals surface area contributed by atoms with E-state index in [1.165, 1.54) is 18.4 Å². The third-order valence-corrected chi connectivity index (χ3v) is 7.68. The number of amides is 3. The van der Waals surface area contributed by atoms with Crippen LogP contribution < -0.4 is 10.6 Å². The molecule has 3 amide bonds. The van der Waals surface area contributed by atoms with Crippen molar-refractivity contribution in [3.8, 4) is 0 Å². The minimum atomic E-state index is -0.614. The third kappa shape index (κ3) is 4.52. The van der Waals surface area contributed by atoms with Gasteiger partial charge in [0.05, 0.1) is 0 Å². The lowest BCUT2D eigenvalue weighted by molar-refractivity contribution is -0.131. The number of rotatable bonds is 7. The fraction of sp³-hybridized carbons (Fsp3) is 0.542. The van der Waals surface area contributed by atoms with Gasteiger partial charge in [0.1, 0.15) is 17.5 Å². The van der Waals surface area contributed by atoms with E-state index in [1.54, 1.807) is 16.7 Å². The lowest BCUT2D eigenvalue weighted by Crippen LogP contribution is -2.55. The van der Waals surface area contributed by atoms with Gasteiger partial charge < -0.3 is 15.5 Å². The van der Waals surface area contributed by atoms with Crippen molar-refractivity contribution in [2.24, 2.45) is 5.92 Å². The molecule has 0 aromatic heterocycles. The molecule has 7 heteroatoms. The molecule has 166 valence electrons. The zero-order valence-corrected chi connectivity index (χ0v) is 19.0. The highest BCUT2D eigenvalue weighted by molar-refractivity contribution is 7.99. The van der Waals surface area contributed by atoms with Crippen molar-refractivity contribution >= 4 is 29.5 Å². The van der Waals surface area contributed by atoms with Gasteiger partial charge in [0.25, 0.3) is 5.91 Å². The number of carbonyl (C=O) groups excluding carboxylic acids is 3. The summed E-state index contributed by atoms with van der Waals surface area (Å²) >= 11 is 1.61. The van der Waals surface area contributed by atoms with Crippen LogP contribution in [0.15, 0.2) is 35.9 Å². The minimum absolute atomic E-state index is 0.0471. The van der Waals surface area contributed by atoms with Crippen LogP contribution >= 0.6 is 11.8 Å². The Kier molecular flexibility index (Phi) is 6.70. The molecular formula is C24H31N3O3S. The SMILES string of the molecule is CC(C)[C@H](NC(=O)[C@@H]1CS[C@H]2c3ccccc3C(=O)N12)C(=O)NCCC1=CCCCC1. The molecule has 0 radical (unpaired) electrons. The monoisotopic (exact) mass is 441 g/mol. The van der Waals surface area contributed by atoms with Crippen LogP contribution in [-0.4, -0.2) is 47.0 Å². The summed E-state index contributed by atoms with van der Waals surface area (Å²) in [5.74, 6) is -0.0128. The zero-order valence-electron chi connectivity index (χ0n) is 18.2. The second kappa shape index (κ2) is 9.47. The Hall–Kier alpha value is -2.28. The molecule has 0 bridgehead atoms. The Balaban J connectivity index is 1.36. The molecule has 6 nitrogen and oxygen atoms in total. The molecule has 3 atom stereocenters. The van der Waals surface area contributed by atoms with Gasteiger partial charge in [-0.2, -0.15) is 0 Å². The van der Waals surface area contributed by atoms with Gasteiger partial charge in [0, 0.05) is 17.9 Å². The topological polar surface area (TPSA) is 78.5 Å². The maximum atomic E-state index is 13.1. The number of fused-ring (bicyclic) bond motifs is 3. The molecule has 0 spiro atoms. The summed E-state index contributed by atoms with van der Waals surface area (Å²) in [6, 6.07) is 6.37. The second-order valence-electron chi connectivity index (χ2n) is 8.88. The number of carbonyl (C=O) groups is 3. The normalized spacial score (nSPS) is 23.3. The van der Waals surface area contributed by atoms with Crippen molar-refractivity contribution in [3.05, 3.63) is 47.0 Å². The molecular weight excluding hydrogens is 410 g/mol. The smallest absolute Gasteiger partial charge is 0.256 e. The first-order valence-electron chi connectivity index (χ1n) is 11.3. The van der Waals surface area contributed by atoms with Crippen molar-refractivity contribution in [2.75, 3.05) is 12.3 Å². The maximum absolute atomic E-state index is 13.1. The van der Waals surface area contributed by atoms with E-state index in [4.69, 9.17) is 0 Å². The van der Waals surface area contributed by atoms with E-state index in [0.29, 0.717) is 17.9 Å². The van der Waals surface area contributed by atoms with Crippen molar-refractivity contribution in [1.29, 1.82) is 0 Å². The van der Waals surface area contributed by atoms with Crippen LogP contribution in [0.1, 0.15) is 67.2 Å². The van der Waals surface area contributed by atoms with Crippen LogP contribution in [0.3, 0.4) is 0 Å². The van der Waals surface area contributed by atoms with Crippen molar-refractivity contribution in [3.63, 3.8) is 0 Å². The van der Waals surface area contributed by atoms with Gasteiger partial charge in [-0.1, -0.05) is 43.7 Å². The highest BCUT2D eigenvalue weighted by Crippen LogP contribution is 2.48. The Morgan fingerprint density at radius 2 is 2.03 bits per heavy atom. The Morgan fingerprint density at radius 3 is 2.77 bits per heavy atom. The van der Waals surface area contributed by atoms with Crippen LogP contribution in [0, 0.1) is 5.92 Å². The minimum Gasteiger partial charge on any atom is -0.354 e. The predicted octanol–water partition coefficient (Wildman–Crippen LogP) is 3.40. The first-order valence-corrected chi connectivity index (χ1v) is 12.3. The average Bonchev–Trinajstić information content (AvgIpc) is 3.33. The molecule has 1 saturated heterocycles. The summed E-state index contributed by atoms with van der Waals surface area (Å²) in [4.78, 5) is 40.5. The van der Waals surface area contributed by atoms with Gasteiger partial charge in [-0.05, 0) is 49.7 Å². The molecule has 2 aliphatic heterocycles. The molecule has 0 unspecified atom stereocenters. The highest BCUT2D eigenvalue weighted by atomic mass is 32.2.